The largest absolute Gasteiger partial charge is 0.472 e. The molecule has 0 spiro atoms. The molecule has 14 nitrogen and oxygen atoms in total. The Morgan fingerprint density at radius 2 is 1.00 bits per heavy atom. The standard InChI is InChI=1S/C51H83O14P/c1-3-5-7-8-9-10-11-12-13-14-15-16-17-18-22-25-28-31-34-38-44(53)62-40-43(41-63-66(60,61)65-51-49(58)47(56)46(55)48(57)50(51)59)64-45(54)39-35-32-29-26-23-20-19-21-24-27-30-33-37-42(52)36-6-4-2/h5,7,9-10,12-13,15-16,19-20,24,26-27,29,33,37,42-43,46-52,55-59H,3-4,6,8,11,14,17-18,21-23,25,28,30-32,34-36,38-41H2,1-2H3,(H,60,61)/b7-5-,10-9-,13-12-,16-15-,20-19-,27-24-,29-26-,37-33-/t42-,43-,46?,47-,48+,49-,50-,51?/m1/s1. The van der Waals surface area contributed by atoms with Crippen LogP contribution in [0.4, 0.5) is 0 Å². The van der Waals surface area contributed by atoms with Gasteiger partial charge in [0.1, 0.15) is 43.2 Å². The molecular weight excluding hydrogens is 868 g/mol. The lowest BCUT2D eigenvalue weighted by molar-refractivity contribution is -0.220. The van der Waals surface area contributed by atoms with E-state index in [1.807, 2.05) is 30.4 Å². The fourth-order valence-electron chi connectivity index (χ4n) is 6.58. The zero-order valence-corrected chi connectivity index (χ0v) is 40.4. The van der Waals surface area contributed by atoms with Crippen molar-refractivity contribution in [1.29, 1.82) is 0 Å². The van der Waals surface area contributed by atoms with E-state index in [9.17, 15) is 49.7 Å². The Hall–Kier alpha value is -3.27. The molecular formula is C51H83O14P. The highest BCUT2D eigenvalue weighted by atomic mass is 31.2. The number of aliphatic hydroxyl groups excluding tert-OH is 6. The van der Waals surface area contributed by atoms with Crippen LogP contribution in [-0.2, 0) is 32.7 Å². The molecule has 9 atom stereocenters. The van der Waals surface area contributed by atoms with Crippen LogP contribution in [0.1, 0.15) is 149 Å². The Balaban J connectivity index is 2.51. The number of rotatable bonds is 38. The molecule has 1 aliphatic carbocycles. The molecule has 1 rings (SSSR count). The zero-order chi connectivity index (χ0) is 48.7. The van der Waals surface area contributed by atoms with E-state index in [1.165, 1.54) is 0 Å². The number of hydrogen-bond acceptors (Lipinski definition) is 13. The lowest BCUT2D eigenvalue weighted by Gasteiger charge is -2.41. The van der Waals surface area contributed by atoms with Gasteiger partial charge in [0.25, 0.3) is 0 Å². The Kier molecular flexibility index (Phi) is 36.5. The van der Waals surface area contributed by atoms with Gasteiger partial charge in [-0.05, 0) is 83.5 Å². The number of carbonyl (C=O) groups is 2. The van der Waals surface area contributed by atoms with Crippen LogP contribution >= 0.6 is 7.82 Å². The number of phosphoric ester groups is 1. The molecule has 0 aliphatic heterocycles. The third-order valence-corrected chi connectivity index (χ3v) is 11.5. The van der Waals surface area contributed by atoms with Crippen molar-refractivity contribution in [2.24, 2.45) is 0 Å². The SMILES string of the molecule is CC/C=C\C/C=C\C/C=C\C/C=C\CCCCCCCCC(=O)OC[C@H](COP(=O)(O)OC1[C@H](O)[C@H](O)C(O)[C@H](O)[C@H]1O)OC(=O)CCC/C=C\C/C=C\C/C=C\C/C=C\[C@H](O)CCCC. The van der Waals surface area contributed by atoms with Gasteiger partial charge in [0.05, 0.1) is 12.7 Å². The number of hydrogen-bond donors (Lipinski definition) is 7. The first-order valence-corrected chi connectivity index (χ1v) is 25.6. The van der Waals surface area contributed by atoms with Crippen LogP contribution < -0.4 is 0 Å². The third-order valence-electron chi connectivity index (χ3n) is 10.5. The molecule has 3 unspecified atom stereocenters. The monoisotopic (exact) mass is 951 g/mol. The van der Waals surface area contributed by atoms with Gasteiger partial charge in [-0.2, -0.15) is 0 Å². The lowest BCUT2D eigenvalue weighted by Crippen LogP contribution is -2.64. The first kappa shape index (κ1) is 60.7. The lowest BCUT2D eigenvalue weighted by atomic mass is 9.85. The van der Waals surface area contributed by atoms with Crippen molar-refractivity contribution >= 4 is 19.8 Å². The van der Waals surface area contributed by atoms with Gasteiger partial charge < -0.3 is 45.0 Å². The van der Waals surface area contributed by atoms with Crippen molar-refractivity contribution in [2.45, 2.75) is 198 Å². The van der Waals surface area contributed by atoms with E-state index in [0.29, 0.717) is 19.3 Å². The summed E-state index contributed by atoms with van der Waals surface area (Å²) in [4.78, 5) is 35.7. The molecule has 0 saturated heterocycles. The summed E-state index contributed by atoms with van der Waals surface area (Å²) in [6, 6.07) is 0. The number of ether oxygens (including phenoxy) is 2. The Morgan fingerprint density at radius 1 is 0.545 bits per heavy atom. The molecule has 0 aromatic rings. The van der Waals surface area contributed by atoms with Crippen LogP contribution in [0, 0.1) is 0 Å². The number of aliphatic hydroxyl groups is 6. The maximum atomic E-state index is 12.8. The smallest absolute Gasteiger partial charge is 0.462 e. The molecule has 376 valence electrons. The summed E-state index contributed by atoms with van der Waals surface area (Å²) >= 11 is 0. The third kappa shape index (κ3) is 31.7. The van der Waals surface area contributed by atoms with Crippen LogP contribution in [0.3, 0.4) is 0 Å². The van der Waals surface area contributed by atoms with Gasteiger partial charge in [-0.1, -0.05) is 150 Å². The van der Waals surface area contributed by atoms with Crippen molar-refractivity contribution in [1.82, 2.24) is 0 Å². The number of esters is 2. The van der Waals surface area contributed by atoms with Gasteiger partial charge in [-0.25, -0.2) is 4.57 Å². The summed E-state index contributed by atoms with van der Waals surface area (Å²) in [6.45, 7) is 2.96. The minimum atomic E-state index is -5.16. The molecule has 1 fully saturated rings. The topological polar surface area (TPSA) is 230 Å². The Labute approximate surface area is 394 Å². The van der Waals surface area contributed by atoms with Crippen molar-refractivity contribution in [2.75, 3.05) is 13.2 Å². The van der Waals surface area contributed by atoms with Crippen LogP contribution in [0.25, 0.3) is 0 Å². The number of allylic oxidation sites excluding steroid dienone is 15. The average molecular weight is 951 g/mol. The first-order valence-electron chi connectivity index (χ1n) is 24.1. The minimum Gasteiger partial charge on any atom is -0.462 e. The second-order valence-electron chi connectivity index (χ2n) is 16.4. The molecule has 0 amide bonds. The van der Waals surface area contributed by atoms with Crippen LogP contribution in [0.15, 0.2) is 97.2 Å². The summed E-state index contributed by atoms with van der Waals surface area (Å²) in [5.74, 6) is -1.21. The van der Waals surface area contributed by atoms with Crippen molar-refractivity contribution in [3.8, 4) is 0 Å². The highest BCUT2D eigenvalue weighted by Gasteiger charge is 2.51. The zero-order valence-electron chi connectivity index (χ0n) is 39.6. The van der Waals surface area contributed by atoms with Gasteiger partial charge in [0.15, 0.2) is 6.10 Å². The van der Waals surface area contributed by atoms with E-state index in [1.54, 1.807) is 0 Å². The quantitative estimate of drug-likeness (QED) is 0.0133. The first-order chi connectivity index (χ1) is 31.8. The second kappa shape index (κ2) is 39.7. The second-order valence-corrected chi connectivity index (χ2v) is 17.8. The van der Waals surface area contributed by atoms with Gasteiger partial charge in [-0.3, -0.25) is 18.6 Å². The maximum absolute atomic E-state index is 12.8. The molecule has 0 aromatic heterocycles. The van der Waals surface area contributed by atoms with Gasteiger partial charge >= 0.3 is 19.8 Å². The molecule has 15 heteroatoms. The molecule has 0 aromatic carbocycles. The predicted molar refractivity (Wildman–Crippen MR) is 259 cm³/mol. The molecule has 7 N–H and O–H groups in total. The van der Waals surface area contributed by atoms with Crippen molar-refractivity contribution in [3.05, 3.63) is 97.2 Å². The molecule has 66 heavy (non-hydrogen) atoms. The van der Waals surface area contributed by atoms with Gasteiger partial charge in [0.2, 0.25) is 0 Å². The highest BCUT2D eigenvalue weighted by molar-refractivity contribution is 7.47. The Bertz CT molecular complexity index is 1540. The summed E-state index contributed by atoms with van der Waals surface area (Å²) in [5, 5.41) is 60.0. The maximum Gasteiger partial charge on any atom is 0.472 e. The van der Waals surface area contributed by atoms with Gasteiger partial charge in [-0.15, -0.1) is 0 Å². The van der Waals surface area contributed by atoms with E-state index >= 15 is 0 Å². The van der Waals surface area contributed by atoms with Crippen molar-refractivity contribution < 1.29 is 68.2 Å². The minimum absolute atomic E-state index is 0.00517. The molecule has 0 bridgehead atoms. The average Bonchev–Trinajstić information content (AvgIpc) is 3.30. The summed E-state index contributed by atoms with van der Waals surface area (Å²) < 4.78 is 33.5. The molecule has 1 saturated carbocycles. The van der Waals surface area contributed by atoms with Crippen molar-refractivity contribution in [3.63, 3.8) is 0 Å². The van der Waals surface area contributed by atoms with Crippen LogP contribution in [-0.4, -0.2) is 110 Å². The normalized spacial score (nSPS) is 22.6. The summed E-state index contributed by atoms with van der Waals surface area (Å²) in [7, 11) is -5.16. The van der Waals surface area contributed by atoms with E-state index in [-0.39, 0.29) is 18.9 Å². The highest BCUT2D eigenvalue weighted by Crippen LogP contribution is 2.47. The van der Waals surface area contributed by atoms with E-state index in [4.69, 9.17) is 18.5 Å². The van der Waals surface area contributed by atoms with Gasteiger partial charge in [0, 0.05) is 12.8 Å². The fourth-order valence-corrected chi connectivity index (χ4v) is 7.55. The predicted octanol–water partition coefficient (Wildman–Crippen LogP) is 8.80. The number of carbonyl (C=O) groups excluding carboxylic acids is 2. The fraction of sp³-hybridized carbons (Fsp3) is 0.647. The summed E-state index contributed by atoms with van der Waals surface area (Å²) in [5.41, 5.74) is 0. The van der Waals surface area contributed by atoms with Crippen LogP contribution in [0.2, 0.25) is 0 Å². The molecule has 1 aliphatic rings. The van der Waals surface area contributed by atoms with E-state index < -0.39 is 75.7 Å². The summed E-state index contributed by atoms with van der Waals surface area (Å²) in [6.07, 6.45) is 36.5. The van der Waals surface area contributed by atoms with E-state index in [2.05, 4.69) is 80.7 Å². The van der Waals surface area contributed by atoms with E-state index in [0.717, 1.165) is 103 Å². The molecule has 0 radical (unpaired) electrons. The van der Waals surface area contributed by atoms with Crippen LogP contribution in [0.5, 0.6) is 0 Å². The number of phosphoric acid groups is 1. The Morgan fingerprint density at radius 3 is 1.55 bits per heavy atom. The molecule has 0 heterocycles. The number of unbranched alkanes of at least 4 members (excludes halogenated alkanes) is 8.